The summed E-state index contributed by atoms with van der Waals surface area (Å²) in [5.41, 5.74) is 4.14. The number of thioether (sulfide) groups is 1. The molecule has 0 atom stereocenters. The van der Waals surface area contributed by atoms with Gasteiger partial charge in [-0.25, -0.2) is 0 Å². The van der Waals surface area contributed by atoms with Gasteiger partial charge in [0.2, 0.25) is 0 Å². The Bertz CT molecular complexity index is 1430. The molecule has 0 aliphatic rings. The molecule has 0 radical (unpaired) electrons. The Morgan fingerprint density at radius 2 is 1.63 bits per heavy atom. The van der Waals surface area contributed by atoms with Crippen LogP contribution in [0.1, 0.15) is 25.0 Å². The highest BCUT2D eigenvalue weighted by atomic mass is 35.5. The molecule has 0 spiro atoms. The molecule has 180 valence electrons. The van der Waals surface area contributed by atoms with Crippen molar-refractivity contribution in [1.82, 2.24) is 9.13 Å². The molecule has 2 N–H and O–H groups in total. The molecule has 0 aliphatic heterocycles. The van der Waals surface area contributed by atoms with E-state index in [1.807, 2.05) is 45.0 Å². The van der Waals surface area contributed by atoms with Crippen molar-refractivity contribution < 1.29 is 0 Å². The molecule has 35 heavy (non-hydrogen) atoms. The highest BCUT2D eigenvalue weighted by Gasteiger charge is 2.11. The van der Waals surface area contributed by atoms with E-state index in [1.54, 1.807) is 42.4 Å². The smallest absolute Gasteiger partial charge is 0.287 e. The molecule has 3 aromatic carbocycles. The van der Waals surface area contributed by atoms with Crippen molar-refractivity contribution in [3.05, 3.63) is 117 Å². The Labute approximate surface area is 215 Å². The van der Waals surface area contributed by atoms with Crippen LogP contribution in [0.25, 0.3) is 16.8 Å². The zero-order chi connectivity index (χ0) is 25.4. The minimum atomic E-state index is -0.492. The number of nitrogens with zero attached hydrogens (tertiary/aromatic N) is 2. The maximum absolute atomic E-state index is 12.8. The molecule has 0 amide bonds. The Hall–Kier alpha value is -3.35. The first-order valence-corrected chi connectivity index (χ1v) is 12.9. The molecule has 0 unspecified atom stereocenters. The lowest BCUT2D eigenvalue weighted by Crippen LogP contribution is -2.43. The average Bonchev–Trinajstić information content (AvgIpc) is 2.89. The number of halogens is 1. The van der Waals surface area contributed by atoms with E-state index in [9.17, 15) is 4.79 Å². The maximum atomic E-state index is 12.8. The summed E-state index contributed by atoms with van der Waals surface area (Å²) in [6, 6.07) is 23.9. The number of hydrogen-bond acceptors (Lipinski definition) is 4. The molecule has 4 rings (SSSR count). The largest absolute Gasteiger partial charge is 0.298 e. The van der Waals surface area contributed by atoms with Gasteiger partial charge in [0, 0.05) is 23.2 Å². The molecular weight excluding hydrogens is 476 g/mol. The normalized spacial score (nSPS) is 10.4. The molecule has 7 heteroatoms. The molecule has 0 saturated heterocycles. The SMILES string of the molecule is CC.Cc1c(Cl)cccc1-n1ccn(C(=N)CSCc2cccc(-c3ccccc3)c2)c(=N)c1=O. The Balaban J connectivity index is 0.00000167. The summed E-state index contributed by atoms with van der Waals surface area (Å²) in [6.07, 6.45) is 3.17. The van der Waals surface area contributed by atoms with Crippen molar-refractivity contribution in [2.75, 3.05) is 5.75 Å². The number of rotatable bonds is 6. The molecule has 4 aromatic rings. The third-order valence-corrected chi connectivity index (χ3v) is 6.78. The predicted molar refractivity (Wildman–Crippen MR) is 148 cm³/mol. The Morgan fingerprint density at radius 3 is 2.37 bits per heavy atom. The van der Waals surface area contributed by atoms with Crippen LogP contribution in [0.3, 0.4) is 0 Å². The van der Waals surface area contributed by atoms with Crippen molar-refractivity contribution in [1.29, 1.82) is 10.8 Å². The van der Waals surface area contributed by atoms with Crippen LogP contribution in [0.4, 0.5) is 0 Å². The average molecular weight is 505 g/mol. The summed E-state index contributed by atoms with van der Waals surface area (Å²) in [5, 5.41) is 17.3. The maximum Gasteiger partial charge on any atom is 0.298 e. The van der Waals surface area contributed by atoms with Crippen LogP contribution >= 0.6 is 23.4 Å². The topological polar surface area (TPSA) is 74.6 Å². The van der Waals surface area contributed by atoms with Gasteiger partial charge in [0.15, 0.2) is 5.49 Å². The standard InChI is InChI=1S/C26H23ClN4OS.C2H6/c1-18-22(27)11-6-12-23(18)30-13-14-31(25(29)26(30)32)24(28)17-33-16-19-7-5-10-21(15-19)20-8-3-2-4-9-20;1-2/h2-15,28-29H,16-17H2,1H3;1-2H3. The molecule has 0 bridgehead atoms. The fraction of sp³-hybridized carbons (Fsp3) is 0.179. The van der Waals surface area contributed by atoms with E-state index in [-0.39, 0.29) is 11.3 Å². The quantitative estimate of drug-likeness (QED) is 0.231. The number of nitrogens with one attached hydrogen (secondary N) is 2. The van der Waals surface area contributed by atoms with E-state index >= 15 is 0 Å². The van der Waals surface area contributed by atoms with Crippen molar-refractivity contribution >= 4 is 29.2 Å². The minimum Gasteiger partial charge on any atom is -0.287 e. The lowest BCUT2D eigenvalue weighted by molar-refractivity contribution is 0.832. The highest BCUT2D eigenvalue weighted by molar-refractivity contribution is 7.99. The van der Waals surface area contributed by atoms with Crippen LogP contribution in [0, 0.1) is 17.7 Å². The molecule has 1 aromatic heterocycles. The molecule has 1 heterocycles. The van der Waals surface area contributed by atoms with Gasteiger partial charge < -0.3 is 0 Å². The van der Waals surface area contributed by atoms with Crippen LogP contribution < -0.4 is 11.0 Å². The number of hydrogen-bond donors (Lipinski definition) is 2. The summed E-state index contributed by atoms with van der Waals surface area (Å²) in [5.74, 6) is 1.30. The Morgan fingerprint density at radius 1 is 0.943 bits per heavy atom. The van der Waals surface area contributed by atoms with Gasteiger partial charge in [-0.1, -0.05) is 86.1 Å². The molecular formula is C28H29ClN4OS. The van der Waals surface area contributed by atoms with Gasteiger partial charge in [0.1, 0.15) is 5.84 Å². The molecule has 5 nitrogen and oxygen atoms in total. The van der Waals surface area contributed by atoms with E-state index in [4.69, 9.17) is 22.4 Å². The van der Waals surface area contributed by atoms with Gasteiger partial charge in [0.05, 0.1) is 11.4 Å². The van der Waals surface area contributed by atoms with Gasteiger partial charge in [-0.2, -0.15) is 0 Å². The van der Waals surface area contributed by atoms with Crippen molar-refractivity contribution in [3.63, 3.8) is 0 Å². The van der Waals surface area contributed by atoms with E-state index in [2.05, 4.69) is 30.3 Å². The molecule has 0 saturated carbocycles. The zero-order valence-corrected chi connectivity index (χ0v) is 21.7. The summed E-state index contributed by atoms with van der Waals surface area (Å²) in [7, 11) is 0. The fourth-order valence-corrected chi connectivity index (χ4v) is 4.59. The first-order valence-electron chi connectivity index (χ1n) is 11.4. The summed E-state index contributed by atoms with van der Waals surface area (Å²) >= 11 is 7.76. The van der Waals surface area contributed by atoms with Crippen LogP contribution in [0.5, 0.6) is 0 Å². The van der Waals surface area contributed by atoms with Crippen molar-refractivity contribution in [3.8, 4) is 16.8 Å². The van der Waals surface area contributed by atoms with E-state index in [0.717, 1.165) is 22.4 Å². The summed E-state index contributed by atoms with van der Waals surface area (Å²) in [4.78, 5) is 12.8. The number of aromatic nitrogens is 2. The fourth-order valence-electron chi connectivity index (χ4n) is 3.57. The zero-order valence-electron chi connectivity index (χ0n) is 20.1. The van der Waals surface area contributed by atoms with Gasteiger partial charge in [-0.05, 0) is 41.3 Å². The third-order valence-electron chi connectivity index (χ3n) is 5.36. The van der Waals surface area contributed by atoms with Gasteiger partial charge in [-0.15, -0.1) is 11.8 Å². The minimum absolute atomic E-state index is 0.191. The second-order valence-corrected chi connectivity index (χ2v) is 8.97. The van der Waals surface area contributed by atoms with Gasteiger partial charge in [-0.3, -0.25) is 24.7 Å². The molecule has 0 fully saturated rings. The predicted octanol–water partition coefficient (Wildman–Crippen LogP) is 6.53. The first kappa shape index (κ1) is 26.3. The van der Waals surface area contributed by atoms with Crippen LogP contribution in [-0.2, 0) is 5.75 Å². The second kappa shape index (κ2) is 12.4. The third kappa shape index (κ3) is 6.21. The van der Waals surface area contributed by atoms with Gasteiger partial charge >= 0.3 is 0 Å². The van der Waals surface area contributed by atoms with Crippen LogP contribution in [-0.4, -0.2) is 20.7 Å². The van der Waals surface area contributed by atoms with Crippen LogP contribution in [0.15, 0.2) is 90.0 Å². The van der Waals surface area contributed by atoms with E-state index < -0.39 is 5.56 Å². The first-order chi connectivity index (χ1) is 17.0. The van der Waals surface area contributed by atoms with E-state index in [1.165, 1.54) is 14.7 Å². The lowest BCUT2D eigenvalue weighted by atomic mass is 10.0. The monoisotopic (exact) mass is 504 g/mol. The van der Waals surface area contributed by atoms with Gasteiger partial charge in [0.25, 0.3) is 5.56 Å². The van der Waals surface area contributed by atoms with Crippen molar-refractivity contribution in [2.45, 2.75) is 26.5 Å². The van der Waals surface area contributed by atoms with Crippen molar-refractivity contribution in [2.24, 2.45) is 0 Å². The Kier molecular flexibility index (Phi) is 9.29. The van der Waals surface area contributed by atoms with Crippen LogP contribution in [0.2, 0.25) is 5.02 Å². The molecule has 0 aliphatic carbocycles. The number of benzene rings is 3. The summed E-state index contributed by atoms with van der Waals surface area (Å²) < 4.78 is 2.72. The second-order valence-electron chi connectivity index (χ2n) is 7.58. The highest BCUT2D eigenvalue weighted by Crippen LogP contribution is 2.23. The lowest BCUT2D eigenvalue weighted by Gasteiger charge is -2.13. The summed E-state index contributed by atoms with van der Waals surface area (Å²) in [6.45, 7) is 5.83. The van der Waals surface area contributed by atoms with E-state index in [0.29, 0.717) is 16.5 Å².